The summed E-state index contributed by atoms with van der Waals surface area (Å²) in [6.07, 6.45) is 7.74. The number of carbonyl (C=O) groups is 1. The highest BCUT2D eigenvalue weighted by Gasteiger charge is 2.68. The van der Waals surface area contributed by atoms with Gasteiger partial charge in [-0.3, -0.25) is 0 Å². The molecule has 1 aliphatic heterocycles. The Morgan fingerprint density at radius 2 is 1.98 bits per heavy atom. The van der Waals surface area contributed by atoms with E-state index in [4.69, 9.17) is 10.3 Å². The molecule has 13 nitrogen and oxygen atoms in total. The Labute approximate surface area is 326 Å². The number of thiazole rings is 2. The highest BCUT2D eigenvalue weighted by molar-refractivity contribution is 7.22. The Morgan fingerprint density at radius 1 is 1.15 bits per heavy atom. The number of aromatic carboxylic acids is 1. The number of para-hydroxylation sites is 1. The number of carboxylic acid groups (broad SMARTS) is 1. The van der Waals surface area contributed by atoms with Crippen molar-refractivity contribution >= 4 is 60.8 Å². The van der Waals surface area contributed by atoms with E-state index in [0.29, 0.717) is 53.0 Å². The molecule has 0 saturated heterocycles. The van der Waals surface area contributed by atoms with E-state index in [2.05, 4.69) is 47.5 Å². The molecular weight excluding hydrogens is 740 g/mol. The summed E-state index contributed by atoms with van der Waals surface area (Å²) in [5, 5.41) is 27.4. The Balaban J connectivity index is 0.858. The summed E-state index contributed by atoms with van der Waals surface area (Å²) >= 11 is 2.90. The Kier molecular flexibility index (Phi) is 10.3. The fourth-order valence-corrected chi connectivity index (χ4v) is 10.8. The van der Waals surface area contributed by atoms with Gasteiger partial charge in [-0.05, 0) is 124 Å². The number of unbranched alkanes of at least 4 members (excludes halogenated alkanes) is 1. The first-order valence-corrected chi connectivity index (χ1v) is 20.4. The zero-order chi connectivity index (χ0) is 38.2. The molecule has 4 heterocycles. The van der Waals surface area contributed by atoms with E-state index >= 15 is 4.39 Å². The molecule has 0 amide bonds. The van der Waals surface area contributed by atoms with Crippen molar-refractivity contribution in [3.63, 3.8) is 0 Å². The summed E-state index contributed by atoms with van der Waals surface area (Å²) in [5.74, 6) is 0.105. The largest absolute Gasteiger partial charge is 0.491 e. The second kappa shape index (κ2) is 15.3. The standard InChI is InChI=1S/C39H43FN10O3S2/c1-24-26-9-7-17-50(34(26)47-46-33(24)45-36-43-28-10-3-4-11-30(28)54-36)37-44-32(35(51)52)31(55-37)12-8-18-53-29-14-13-25(19-27(29)40)39-20-38(21-39,22-39)23-49(2)16-6-5-15-42-48-41/h3-4,10-11,13-14,19H,5-9,12,15-18,20-23H2,1-2H3,(H,51,52)(H,43,45,46). The fraction of sp³-hybridized carbons (Fsp3) is 0.462. The predicted octanol–water partition coefficient (Wildman–Crippen LogP) is 8.97. The maximum atomic E-state index is 15.3. The van der Waals surface area contributed by atoms with Crippen molar-refractivity contribution in [2.45, 2.75) is 70.1 Å². The molecule has 0 radical (unpaired) electrons. The smallest absolute Gasteiger partial charge is 0.355 e. The Bertz CT molecular complexity index is 2240. The van der Waals surface area contributed by atoms with Gasteiger partial charge in [0.25, 0.3) is 0 Å². The number of anilines is 4. The van der Waals surface area contributed by atoms with Crippen molar-refractivity contribution in [1.82, 2.24) is 25.1 Å². The molecule has 3 aromatic heterocycles. The highest BCUT2D eigenvalue weighted by Crippen LogP contribution is 2.73. The molecule has 2 bridgehead atoms. The highest BCUT2D eigenvalue weighted by atomic mass is 32.1. The lowest BCUT2D eigenvalue weighted by molar-refractivity contribution is -0.153. The van der Waals surface area contributed by atoms with E-state index < -0.39 is 5.97 Å². The molecular formula is C39H43FN10O3S2. The average Bonchev–Trinajstić information content (AvgIpc) is 3.77. The second-order valence-corrected chi connectivity index (χ2v) is 17.3. The van der Waals surface area contributed by atoms with Crippen LogP contribution in [0.1, 0.15) is 77.0 Å². The van der Waals surface area contributed by atoms with E-state index in [0.717, 1.165) is 90.1 Å². The summed E-state index contributed by atoms with van der Waals surface area (Å²) < 4.78 is 22.2. The topological polar surface area (TPSA) is 165 Å². The molecule has 9 rings (SSSR count). The van der Waals surface area contributed by atoms with E-state index in [1.807, 2.05) is 42.2 Å². The number of ether oxygens (including phenoxy) is 1. The Morgan fingerprint density at radius 3 is 2.76 bits per heavy atom. The summed E-state index contributed by atoms with van der Waals surface area (Å²) in [5.41, 5.74) is 12.8. The molecule has 0 unspecified atom stereocenters. The second-order valence-electron chi connectivity index (χ2n) is 15.2. The minimum Gasteiger partial charge on any atom is -0.491 e. The van der Waals surface area contributed by atoms with Crippen molar-refractivity contribution < 1.29 is 19.0 Å². The fourth-order valence-electron chi connectivity index (χ4n) is 8.80. The van der Waals surface area contributed by atoms with Gasteiger partial charge in [0, 0.05) is 40.6 Å². The third-order valence-corrected chi connectivity index (χ3v) is 13.3. The molecule has 4 aliphatic rings. The van der Waals surface area contributed by atoms with Gasteiger partial charge < -0.3 is 25.0 Å². The van der Waals surface area contributed by atoms with E-state index in [1.54, 1.807) is 23.5 Å². The van der Waals surface area contributed by atoms with Gasteiger partial charge in [-0.15, -0.1) is 21.5 Å². The maximum Gasteiger partial charge on any atom is 0.355 e. The quantitative estimate of drug-likeness (QED) is 0.0402. The first-order valence-electron chi connectivity index (χ1n) is 18.8. The minimum atomic E-state index is -1.08. The van der Waals surface area contributed by atoms with Crippen molar-refractivity contribution in [1.29, 1.82) is 0 Å². The molecule has 3 aliphatic carbocycles. The molecule has 3 fully saturated rings. The van der Waals surface area contributed by atoms with Crippen LogP contribution in [-0.4, -0.2) is 76.0 Å². The van der Waals surface area contributed by atoms with Crippen molar-refractivity contribution in [2.75, 3.05) is 50.1 Å². The minimum absolute atomic E-state index is 0.0225. The normalized spacial score (nSPS) is 19.7. The number of fused-ring (bicyclic) bond motifs is 2. The summed E-state index contributed by atoms with van der Waals surface area (Å²) in [6.45, 7) is 5.47. The number of aromatic nitrogens is 4. The lowest BCUT2D eigenvalue weighted by atomic mass is 9.33. The van der Waals surface area contributed by atoms with Crippen LogP contribution in [0.3, 0.4) is 0 Å². The van der Waals surface area contributed by atoms with Gasteiger partial charge in [-0.2, -0.15) is 0 Å². The SMILES string of the molecule is Cc1c(Nc2nc3ccccc3s2)nnc2c1CCCN2c1nc(C(=O)O)c(CCCOc2ccc(C34CC(CN(C)CCCCN=[N+]=[N-])(C3)C4)cc2F)s1. The molecule has 0 atom stereocenters. The van der Waals surface area contributed by atoms with Gasteiger partial charge in [-0.1, -0.05) is 34.7 Å². The number of nitrogens with one attached hydrogen (secondary N) is 1. The molecule has 3 saturated carbocycles. The molecule has 2 N–H and O–H groups in total. The zero-order valence-corrected chi connectivity index (χ0v) is 32.6. The summed E-state index contributed by atoms with van der Waals surface area (Å²) in [4.78, 5) is 29.3. The zero-order valence-electron chi connectivity index (χ0n) is 30.9. The van der Waals surface area contributed by atoms with Crippen LogP contribution < -0.4 is 15.0 Å². The molecule has 286 valence electrons. The third-order valence-electron chi connectivity index (χ3n) is 11.2. The van der Waals surface area contributed by atoms with Crippen LogP contribution in [-0.2, 0) is 18.3 Å². The van der Waals surface area contributed by atoms with Gasteiger partial charge in [-0.25, -0.2) is 19.2 Å². The average molecular weight is 783 g/mol. The van der Waals surface area contributed by atoms with Crippen LogP contribution in [0, 0.1) is 18.2 Å². The molecule has 2 aromatic carbocycles. The number of azide groups is 1. The number of nitrogens with zero attached hydrogens (tertiary/aromatic N) is 9. The predicted molar refractivity (Wildman–Crippen MR) is 213 cm³/mol. The van der Waals surface area contributed by atoms with Gasteiger partial charge in [0.2, 0.25) is 0 Å². The Hall–Kier alpha value is -4.89. The lowest BCUT2D eigenvalue weighted by Gasteiger charge is -2.72. The van der Waals surface area contributed by atoms with Crippen LogP contribution in [0.5, 0.6) is 5.75 Å². The van der Waals surface area contributed by atoms with Crippen LogP contribution in [0.2, 0.25) is 0 Å². The van der Waals surface area contributed by atoms with E-state index in [9.17, 15) is 9.90 Å². The van der Waals surface area contributed by atoms with Crippen molar-refractivity contribution in [3.8, 4) is 5.75 Å². The van der Waals surface area contributed by atoms with Gasteiger partial charge in [0.15, 0.2) is 39.2 Å². The first kappa shape index (κ1) is 37.1. The molecule has 0 spiro atoms. The van der Waals surface area contributed by atoms with Crippen LogP contribution in [0.25, 0.3) is 20.7 Å². The number of rotatable bonds is 17. The summed E-state index contributed by atoms with van der Waals surface area (Å²) in [7, 11) is 2.15. The third kappa shape index (κ3) is 7.43. The molecule has 5 aromatic rings. The maximum absolute atomic E-state index is 15.3. The number of hydrogen-bond donors (Lipinski definition) is 2. The summed E-state index contributed by atoms with van der Waals surface area (Å²) in [6, 6.07) is 13.3. The monoisotopic (exact) mass is 782 g/mol. The lowest BCUT2D eigenvalue weighted by Crippen LogP contribution is -2.67. The number of aryl methyl sites for hydroxylation is 1. The van der Waals surface area contributed by atoms with Crippen LogP contribution >= 0.6 is 22.7 Å². The van der Waals surface area contributed by atoms with Gasteiger partial charge >= 0.3 is 5.97 Å². The van der Waals surface area contributed by atoms with E-state index in [-0.39, 0.29) is 29.3 Å². The molecule has 55 heavy (non-hydrogen) atoms. The van der Waals surface area contributed by atoms with Gasteiger partial charge in [0.05, 0.1) is 16.8 Å². The van der Waals surface area contributed by atoms with Gasteiger partial charge in [0.1, 0.15) is 0 Å². The number of carboxylic acids is 1. The van der Waals surface area contributed by atoms with E-state index in [1.165, 1.54) is 11.3 Å². The first-order chi connectivity index (χ1) is 26.7. The number of benzene rings is 2. The van der Waals surface area contributed by atoms with Crippen molar-refractivity contribution in [3.05, 3.63) is 86.0 Å². The molecule has 16 heteroatoms. The number of hydrogen-bond acceptors (Lipinski definition) is 12. The van der Waals surface area contributed by atoms with Crippen molar-refractivity contribution in [2.24, 2.45) is 10.5 Å². The van der Waals surface area contributed by atoms with Crippen LogP contribution in [0.4, 0.5) is 26.3 Å². The van der Waals surface area contributed by atoms with Crippen LogP contribution in [0.15, 0.2) is 47.6 Å². The number of halogens is 1.